The van der Waals surface area contributed by atoms with Gasteiger partial charge in [0.05, 0.1) is 24.9 Å². The van der Waals surface area contributed by atoms with Crippen molar-refractivity contribution in [3.8, 4) is 16.9 Å². The molecule has 2 aromatic heterocycles. The first-order chi connectivity index (χ1) is 18.2. The molecule has 0 saturated carbocycles. The predicted octanol–water partition coefficient (Wildman–Crippen LogP) is 5.34. The molecule has 0 atom stereocenters. The fourth-order valence-electron chi connectivity index (χ4n) is 4.04. The highest BCUT2D eigenvalue weighted by atomic mass is 16.3. The first kappa shape index (κ1) is 23.8. The lowest BCUT2D eigenvalue weighted by molar-refractivity contribution is -0.135. The third-order valence-corrected chi connectivity index (χ3v) is 5.87. The van der Waals surface area contributed by atoms with Crippen LogP contribution < -0.4 is 5.32 Å². The largest absolute Gasteiger partial charge is 0.467 e. The van der Waals surface area contributed by atoms with Crippen molar-refractivity contribution >= 4 is 17.8 Å². The van der Waals surface area contributed by atoms with E-state index in [2.05, 4.69) is 5.32 Å². The minimum absolute atomic E-state index is 0.144. The molecule has 3 aromatic carbocycles. The molecule has 0 aliphatic rings. The second kappa shape index (κ2) is 11.2. The molecule has 0 saturated heterocycles. The minimum atomic E-state index is -0.352. The van der Waals surface area contributed by atoms with E-state index < -0.39 is 0 Å². The Morgan fingerprint density at radius 3 is 2.19 bits per heavy atom. The van der Waals surface area contributed by atoms with E-state index in [4.69, 9.17) is 9.40 Å². The Kier molecular flexibility index (Phi) is 7.22. The Bertz CT molecular complexity index is 1450. The summed E-state index contributed by atoms with van der Waals surface area (Å²) in [6.45, 7) is 0.0448. The lowest BCUT2D eigenvalue weighted by Gasteiger charge is -2.21. The maximum atomic E-state index is 13.2. The van der Waals surface area contributed by atoms with Crippen molar-refractivity contribution in [2.75, 3.05) is 11.9 Å². The number of benzene rings is 3. The van der Waals surface area contributed by atoms with E-state index in [9.17, 15) is 9.59 Å². The van der Waals surface area contributed by atoms with Gasteiger partial charge in [0.2, 0.25) is 17.8 Å². The molecule has 0 bridgehead atoms. The van der Waals surface area contributed by atoms with Crippen LogP contribution in [-0.4, -0.2) is 32.8 Å². The topological polar surface area (TPSA) is 80.4 Å². The number of nitrogens with zero attached hydrogens (tertiary/aromatic N) is 3. The molecule has 7 heteroatoms. The van der Waals surface area contributed by atoms with Crippen LogP contribution in [0.1, 0.15) is 11.3 Å². The summed E-state index contributed by atoms with van der Waals surface area (Å²) in [6.07, 6.45) is 3.63. The third kappa shape index (κ3) is 6.02. The van der Waals surface area contributed by atoms with Crippen LogP contribution in [0.3, 0.4) is 0 Å². The molecule has 5 aromatic rings. The number of imidazole rings is 1. The molecule has 2 amide bonds. The van der Waals surface area contributed by atoms with Crippen molar-refractivity contribution in [1.29, 1.82) is 0 Å². The number of rotatable bonds is 9. The Labute approximate surface area is 215 Å². The van der Waals surface area contributed by atoms with Gasteiger partial charge in [0.25, 0.3) is 0 Å². The highest BCUT2D eigenvalue weighted by Crippen LogP contribution is 2.24. The van der Waals surface area contributed by atoms with E-state index in [1.54, 1.807) is 18.4 Å². The first-order valence-corrected chi connectivity index (χ1v) is 12.0. The fraction of sp³-hybridized carbons (Fsp3) is 0.100. The number of amides is 2. The predicted molar refractivity (Wildman–Crippen MR) is 142 cm³/mol. The number of furan rings is 1. The number of nitrogens with one attached hydrogen (secondary N) is 1. The number of anilines is 1. The summed E-state index contributed by atoms with van der Waals surface area (Å²) in [5.41, 5.74) is 3.40. The molecule has 37 heavy (non-hydrogen) atoms. The number of aromatic nitrogens is 2. The molecule has 0 radical (unpaired) electrons. The summed E-state index contributed by atoms with van der Waals surface area (Å²) in [5.74, 6) is 0.458. The highest BCUT2D eigenvalue weighted by molar-refractivity contribution is 5.94. The fourth-order valence-corrected chi connectivity index (χ4v) is 4.04. The van der Waals surface area contributed by atoms with Crippen LogP contribution in [0.4, 0.5) is 5.95 Å². The van der Waals surface area contributed by atoms with Crippen LogP contribution in [0.15, 0.2) is 120 Å². The third-order valence-electron chi connectivity index (χ3n) is 5.87. The SMILES string of the molecule is O=C(CN(Cc1ccco1)C(=O)Cc1ccccc1)Nc1nc(-c2ccccc2)cn1-c1ccccc1. The van der Waals surface area contributed by atoms with Crippen LogP contribution in [0.2, 0.25) is 0 Å². The zero-order valence-electron chi connectivity index (χ0n) is 20.2. The second-order valence-corrected chi connectivity index (χ2v) is 8.56. The van der Waals surface area contributed by atoms with Gasteiger partial charge in [-0.2, -0.15) is 0 Å². The van der Waals surface area contributed by atoms with E-state index in [-0.39, 0.29) is 31.3 Å². The number of hydrogen-bond donors (Lipinski definition) is 1. The smallest absolute Gasteiger partial charge is 0.246 e. The lowest BCUT2D eigenvalue weighted by atomic mass is 10.1. The van der Waals surface area contributed by atoms with Gasteiger partial charge in [-0.05, 0) is 29.8 Å². The van der Waals surface area contributed by atoms with Crippen molar-refractivity contribution in [1.82, 2.24) is 14.5 Å². The van der Waals surface area contributed by atoms with Crippen molar-refractivity contribution in [2.24, 2.45) is 0 Å². The van der Waals surface area contributed by atoms with Gasteiger partial charge in [-0.1, -0.05) is 78.9 Å². The van der Waals surface area contributed by atoms with Crippen LogP contribution in [0, 0.1) is 0 Å². The molecule has 0 unspecified atom stereocenters. The van der Waals surface area contributed by atoms with E-state index in [0.29, 0.717) is 11.7 Å². The maximum absolute atomic E-state index is 13.2. The molecule has 7 nitrogen and oxygen atoms in total. The van der Waals surface area contributed by atoms with Gasteiger partial charge in [0.15, 0.2) is 0 Å². The highest BCUT2D eigenvalue weighted by Gasteiger charge is 2.21. The van der Waals surface area contributed by atoms with Crippen LogP contribution in [-0.2, 0) is 22.6 Å². The van der Waals surface area contributed by atoms with Crippen LogP contribution in [0.5, 0.6) is 0 Å². The molecule has 184 valence electrons. The lowest BCUT2D eigenvalue weighted by Crippen LogP contribution is -2.38. The van der Waals surface area contributed by atoms with Crippen LogP contribution >= 0.6 is 0 Å². The van der Waals surface area contributed by atoms with Gasteiger partial charge in [0, 0.05) is 17.4 Å². The molecule has 0 aliphatic carbocycles. The molecule has 0 spiro atoms. The van der Waals surface area contributed by atoms with Gasteiger partial charge < -0.3 is 9.32 Å². The zero-order chi connectivity index (χ0) is 25.5. The quantitative estimate of drug-likeness (QED) is 0.302. The Morgan fingerprint density at radius 2 is 1.51 bits per heavy atom. The molecule has 0 aliphatic heterocycles. The number of para-hydroxylation sites is 1. The van der Waals surface area contributed by atoms with E-state index in [0.717, 1.165) is 22.5 Å². The molecular formula is C30H26N4O3. The van der Waals surface area contributed by atoms with Crippen molar-refractivity contribution in [2.45, 2.75) is 13.0 Å². The van der Waals surface area contributed by atoms with Crippen molar-refractivity contribution < 1.29 is 14.0 Å². The Hall–Kier alpha value is -4.91. The summed E-state index contributed by atoms with van der Waals surface area (Å²) in [6, 6.07) is 32.5. The summed E-state index contributed by atoms with van der Waals surface area (Å²) in [7, 11) is 0. The summed E-state index contributed by atoms with van der Waals surface area (Å²) in [5, 5.41) is 2.92. The second-order valence-electron chi connectivity index (χ2n) is 8.56. The molecule has 5 rings (SSSR count). The molecule has 1 N–H and O–H groups in total. The first-order valence-electron chi connectivity index (χ1n) is 12.0. The van der Waals surface area contributed by atoms with E-state index in [1.807, 2.05) is 102 Å². The summed E-state index contributed by atoms with van der Waals surface area (Å²) in [4.78, 5) is 32.6. The molecular weight excluding hydrogens is 464 g/mol. The van der Waals surface area contributed by atoms with Gasteiger partial charge in [-0.15, -0.1) is 0 Å². The number of hydrogen-bond acceptors (Lipinski definition) is 4. The standard InChI is InChI=1S/C30H26N4O3/c35-28(22-33(20-26-17-10-18-37-26)29(36)19-23-11-4-1-5-12-23)32-30-31-27(24-13-6-2-7-14-24)21-34(30)25-15-8-3-9-16-25/h1-18,21H,19-20,22H2,(H,31,32,35). The van der Waals surface area contributed by atoms with Crippen LogP contribution in [0.25, 0.3) is 16.9 Å². The van der Waals surface area contributed by atoms with E-state index in [1.165, 1.54) is 4.90 Å². The van der Waals surface area contributed by atoms with Gasteiger partial charge in [-0.25, -0.2) is 4.98 Å². The van der Waals surface area contributed by atoms with Gasteiger partial charge >= 0.3 is 0 Å². The van der Waals surface area contributed by atoms with Crippen molar-refractivity contribution in [3.05, 3.63) is 127 Å². The minimum Gasteiger partial charge on any atom is -0.467 e. The van der Waals surface area contributed by atoms with E-state index >= 15 is 0 Å². The molecule has 2 heterocycles. The maximum Gasteiger partial charge on any atom is 0.246 e. The average Bonchev–Trinajstić information content (AvgIpc) is 3.60. The average molecular weight is 491 g/mol. The monoisotopic (exact) mass is 490 g/mol. The number of carbonyl (C=O) groups is 2. The normalized spacial score (nSPS) is 10.7. The summed E-state index contributed by atoms with van der Waals surface area (Å²) >= 11 is 0. The van der Waals surface area contributed by atoms with Crippen molar-refractivity contribution in [3.63, 3.8) is 0 Å². The summed E-state index contributed by atoms with van der Waals surface area (Å²) < 4.78 is 7.29. The zero-order valence-corrected chi connectivity index (χ0v) is 20.2. The Morgan fingerprint density at radius 1 is 0.838 bits per heavy atom. The Balaban J connectivity index is 1.38. The van der Waals surface area contributed by atoms with Gasteiger partial charge in [0.1, 0.15) is 12.3 Å². The number of carbonyl (C=O) groups excluding carboxylic acids is 2. The molecule has 0 fully saturated rings. The van der Waals surface area contributed by atoms with Gasteiger partial charge in [-0.3, -0.25) is 19.5 Å².